The second-order valence-corrected chi connectivity index (χ2v) is 11.8. The summed E-state index contributed by atoms with van der Waals surface area (Å²) in [4.78, 5) is 30.3. The van der Waals surface area contributed by atoms with Gasteiger partial charge >= 0.3 is 5.69 Å². The number of hydrogen-bond acceptors (Lipinski definition) is 6. The van der Waals surface area contributed by atoms with E-state index in [4.69, 9.17) is 16.3 Å². The van der Waals surface area contributed by atoms with Gasteiger partial charge in [0, 0.05) is 59.6 Å². The fraction of sp³-hybridized carbons (Fsp3) is 0.370. The Morgan fingerprint density at radius 3 is 2.81 bits per heavy atom. The molecule has 0 amide bonds. The second-order valence-electron chi connectivity index (χ2n) is 10.3. The number of nitrogens with zero attached hydrogens (tertiary/aromatic N) is 3. The number of ether oxygens (including phenoxy) is 1. The number of thiophene rings is 1. The van der Waals surface area contributed by atoms with Crippen LogP contribution in [0, 0.1) is 12.3 Å². The normalized spacial score (nSPS) is 17.4. The number of aryl methyl sites for hydroxylation is 2. The highest BCUT2D eigenvalue weighted by atomic mass is 35.5. The lowest BCUT2D eigenvalue weighted by Gasteiger charge is -2.36. The molecule has 0 aliphatic carbocycles. The molecule has 188 valence electrons. The number of nitrogens with one attached hydrogen (secondary N) is 1. The van der Waals surface area contributed by atoms with Crippen LogP contribution in [0.2, 0.25) is 5.02 Å². The van der Waals surface area contributed by atoms with Crippen LogP contribution in [0.5, 0.6) is 5.75 Å². The minimum absolute atomic E-state index is 0.0461. The van der Waals surface area contributed by atoms with Gasteiger partial charge < -0.3 is 14.6 Å². The SMILES string of the molecule is Cc1cc(Cl)cc(-c2ccnc3cc(Cn4c(=O)ccn(C)c4=O)sc23)c1OC1CNCC(C)(C)C1. The van der Waals surface area contributed by atoms with Crippen molar-refractivity contribution in [3.8, 4) is 16.9 Å². The van der Waals surface area contributed by atoms with Gasteiger partial charge in [-0.05, 0) is 48.6 Å². The first-order valence-corrected chi connectivity index (χ1v) is 13.1. The van der Waals surface area contributed by atoms with Gasteiger partial charge in [0.1, 0.15) is 11.9 Å². The van der Waals surface area contributed by atoms with E-state index in [9.17, 15) is 9.59 Å². The summed E-state index contributed by atoms with van der Waals surface area (Å²) in [5.41, 5.74) is 3.14. The summed E-state index contributed by atoms with van der Waals surface area (Å²) in [6.07, 6.45) is 4.26. The summed E-state index contributed by atoms with van der Waals surface area (Å²) in [5.74, 6) is 0.819. The molecule has 1 fully saturated rings. The molecule has 0 spiro atoms. The van der Waals surface area contributed by atoms with Crippen LogP contribution >= 0.6 is 22.9 Å². The van der Waals surface area contributed by atoms with E-state index >= 15 is 0 Å². The molecule has 36 heavy (non-hydrogen) atoms. The molecule has 4 aromatic rings. The zero-order chi connectivity index (χ0) is 25.6. The van der Waals surface area contributed by atoms with E-state index in [1.54, 1.807) is 13.2 Å². The van der Waals surface area contributed by atoms with Crippen molar-refractivity contribution in [2.24, 2.45) is 12.5 Å². The predicted octanol–water partition coefficient (Wildman–Crippen LogP) is 4.60. The predicted molar refractivity (Wildman–Crippen MR) is 146 cm³/mol. The summed E-state index contributed by atoms with van der Waals surface area (Å²) in [6, 6.07) is 9.18. The van der Waals surface area contributed by atoms with Crippen molar-refractivity contribution in [1.29, 1.82) is 0 Å². The van der Waals surface area contributed by atoms with E-state index in [0.717, 1.165) is 57.0 Å². The third-order valence-electron chi connectivity index (χ3n) is 6.59. The van der Waals surface area contributed by atoms with Crippen molar-refractivity contribution in [2.75, 3.05) is 13.1 Å². The van der Waals surface area contributed by atoms with Crippen LogP contribution in [0.15, 0.2) is 52.3 Å². The number of piperidine rings is 1. The molecule has 5 rings (SSSR count). The first-order chi connectivity index (χ1) is 17.1. The maximum atomic E-state index is 12.5. The number of hydrogen-bond donors (Lipinski definition) is 1. The van der Waals surface area contributed by atoms with Gasteiger partial charge in [0.15, 0.2) is 0 Å². The number of fused-ring (bicyclic) bond motifs is 1. The standard InChI is InChI=1S/C27H29ClN4O3S/c1-16-9-17(28)10-21(24(16)35-18-12-27(2,3)15-29-13-18)20-5-7-30-22-11-19(36-25(20)22)14-32-23(33)6-8-31(4)26(32)34/h5-11,18,29H,12-15H2,1-4H3. The Kier molecular flexibility index (Phi) is 6.53. The van der Waals surface area contributed by atoms with Gasteiger partial charge in [-0.25, -0.2) is 4.79 Å². The molecule has 1 saturated heterocycles. The van der Waals surface area contributed by atoms with Crippen LogP contribution in [0.25, 0.3) is 21.3 Å². The monoisotopic (exact) mass is 524 g/mol. The van der Waals surface area contributed by atoms with Gasteiger partial charge in [-0.15, -0.1) is 11.3 Å². The Labute approximate surface area is 218 Å². The maximum Gasteiger partial charge on any atom is 0.331 e. The number of rotatable bonds is 5. The largest absolute Gasteiger partial charge is 0.488 e. The van der Waals surface area contributed by atoms with Crippen molar-refractivity contribution in [3.63, 3.8) is 0 Å². The Balaban J connectivity index is 1.58. The summed E-state index contributed by atoms with van der Waals surface area (Å²) in [5, 5.41) is 4.13. The van der Waals surface area contributed by atoms with E-state index < -0.39 is 0 Å². The van der Waals surface area contributed by atoms with Crippen molar-refractivity contribution < 1.29 is 4.74 Å². The molecule has 9 heteroatoms. The molecule has 0 bridgehead atoms. The Hall–Kier alpha value is -2.94. The highest BCUT2D eigenvalue weighted by Gasteiger charge is 2.30. The van der Waals surface area contributed by atoms with E-state index in [1.807, 2.05) is 31.2 Å². The topological polar surface area (TPSA) is 78.2 Å². The minimum atomic E-state index is -0.349. The van der Waals surface area contributed by atoms with Crippen LogP contribution < -0.4 is 21.3 Å². The number of benzene rings is 1. The van der Waals surface area contributed by atoms with Crippen LogP contribution in [0.1, 0.15) is 30.7 Å². The average Bonchev–Trinajstić information content (AvgIpc) is 3.23. The first kappa shape index (κ1) is 24.7. The van der Waals surface area contributed by atoms with Crippen LogP contribution in [0.4, 0.5) is 0 Å². The Bertz CT molecular complexity index is 1570. The molecule has 1 aliphatic rings. The molecule has 1 aromatic carbocycles. The van der Waals surface area contributed by atoms with E-state index in [-0.39, 0.29) is 29.3 Å². The first-order valence-electron chi connectivity index (χ1n) is 11.9. The lowest BCUT2D eigenvalue weighted by molar-refractivity contribution is 0.0995. The molecule has 1 aliphatic heterocycles. The van der Waals surface area contributed by atoms with Crippen molar-refractivity contribution in [2.45, 2.75) is 39.8 Å². The molecule has 7 nitrogen and oxygen atoms in total. The van der Waals surface area contributed by atoms with Gasteiger partial charge in [0.25, 0.3) is 5.56 Å². The second kappa shape index (κ2) is 9.50. The highest BCUT2D eigenvalue weighted by molar-refractivity contribution is 7.19. The molecular formula is C27H29ClN4O3S. The Morgan fingerprint density at radius 1 is 1.22 bits per heavy atom. The molecule has 4 heterocycles. The van der Waals surface area contributed by atoms with Crippen molar-refractivity contribution >= 4 is 33.2 Å². The molecule has 1 unspecified atom stereocenters. The smallest absolute Gasteiger partial charge is 0.331 e. The zero-order valence-corrected chi connectivity index (χ0v) is 22.4. The maximum absolute atomic E-state index is 12.5. The molecule has 1 N–H and O–H groups in total. The van der Waals surface area contributed by atoms with Gasteiger partial charge in [-0.2, -0.15) is 0 Å². The van der Waals surface area contributed by atoms with Gasteiger partial charge in [0.2, 0.25) is 0 Å². The van der Waals surface area contributed by atoms with Gasteiger partial charge in [0.05, 0.1) is 16.8 Å². The number of aromatic nitrogens is 3. The summed E-state index contributed by atoms with van der Waals surface area (Å²) in [7, 11) is 1.63. The third-order valence-corrected chi connectivity index (χ3v) is 7.95. The lowest BCUT2D eigenvalue weighted by Crippen LogP contribution is -2.46. The van der Waals surface area contributed by atoms with Gasteiger partial charge in [-0.3, -0.25) is 14.3 Å². The molecule has 3 aromatic heterocycles. The number of pyridine rings is 1. The quantitative estimate of drug-likeness (QED) is 0.413. The molecular weight excluding hydrogens is 496 g/mol. The number of halogens is 1. The Morgan fingerprint density at radius 2 is 2.03 bits per heavy atom. The van der Waals surface area contributed by atoms with E-state index in [1.165, 1.54) is 32.7 Å². The molecule has 1 atom stereocenters. The average molecular weight is 525 g/mol. The fourth-order valence-corrected chi connectivity index (χ4v) is 6.26. The van der Waals surface area contributed by atoms with E-state index in [0.29, 0.717) is 5.02 Å². The van der Waals surface area contributed by atoms with Gasteiger partial charge in [-0.1, -0.05) is 25.4 Å². The molecule has 0 saturated carbocycles. The minimum Gasteiger partial charge on any atom is -0.488 e. The zero-order valence-electron chi connectivity index (χ0n) is 20.8. The van der Waals surface area contributed by atoms with Crippen molar-refractivity contribution in [1.82, 2.24) is 19.4 Å². The van der Waals surface area contributed by atoms with Crippen LogP contribution in [0.3, 0.4) is 0 Å². The van der Waals surface area contributed by atoms with E-state index in [2.05, 4.69) is 24.1 Å². The molecule has 0 radical (unpaired) electrons. The van der Waals surface area contributed by atoms with Crippen LogP contribution in [-0.4, -0.2) is 33.3 Å². The van der Waals surface area contributed by atoms with Crippen molar-refractivity contribution in [3.05, 3.63) is 79.0 Å². The lowest BCUT2D eigenvalue weighted by atomic mass is 9.84. The summed E-state index contributed by atoms with van der Waals surface area (Å²) in [6.45, 7) is 8.46. The summed E-state index contributed by atoms with van der Waals surface area (Å²) < 4.78 is 10.2. The van der Waals surface area contributed by atoms with Crippen LogP contribution in [-0.2, 0) is 13.6 Å². The highest BCUT2D eigenvalue weighted by Crippen LogP contribution is 2.42. The fourth-order valence-electron chi connectivity index (χ4n) is 4.86. The summed E-state index contributed by atoms with van der Waals surface area (Å²) >= 11 is 8.04. The third kappa shape index (κ3) is 4.85.